The van der Waals surface area contributed by atoms with Crippen LogP contribution in [0.2, 0.25) is 0 Å². The van der Waals surface area contributed by atoms with Crippen molar-refractivity contribution in [3.05, 3.63) is 51.6 Å². The third-order valence-electron chi connectivity index (χ3n) is 4.13. The molecule has 120 valence electrons. The number of hydrogen-bond acceptors (Lipinski definition) is 2. The summed E-state index contributed by atoms with van der Waals surface area (Å²) in [5, 5.41) is 1.35. The van der Waals surface area contributed by atoms with Gasteiger partial charge in [-0.05, 0) is 84.5 Å². The summed E-state index contributed by atoms with van der Waals surface area (Å²) in [6, 6.07) is 15.3. The summed E-state index contributed by atoms with van der Waals surface area (Å²) in [5.74, 6) is 0. The number of aromatic nitrogens is 1. The Balaban J connectivity index is 2.16. The monoisotopic (exact) mass is 436 g/mol. The van der Waals surface area contributed by atoms with Crippen molar-refractivity contribution in [2.24, 2.45) is 5.73 Å². The fourth-order valence-corrected chi connectivity index (χ4v) is 4.10. The van der Waals surface area contributed by atoms with E-state index >= 15 is 0 Å². The van der Waals surface area contributed by atoms with Crippen LogP contribution in [0.25, 0.3) is 22.2 Å². The summed E-state index contributed by atoms with van der Waals surface area (Å²) in [4.78, 5) is 4.98. The first-order chi connectivity index (χ1) is 11.2. The van der Waals surface area contributed by atoms with E-state index in [0.717, 1.165) is 25.8 Å². The molecule has 0 fully saturated rings. The molecule has 0 spiro atoms. The summed E-state index contributed by atoms with van der Waals surface area (Å²) < 4.78 is 1.28. The smallest absolute Gasteiger partial charge is 0.0508 e. The third kappa shape index (κ3) is 3.59. The average Bonchev–Trinajstić information content (AvgIpc) is 2.93. The Hall–Kier alpha value is -0.980. The number of benzene rings is 2. The fourth-order valence-electron chi connectivity index (χ4n) is 3.01. The number of unbranched alkanes of at least 4 members (excludes halogenated alkanes) is 1. The van der Waals surface area contributed by atoms with E-state index in [4.69, 9.17) is 5.73 Å². The number of aryl methyl sites for hydroxylation is 1. The van der Waals surface area contributed by atoms with E-state index in [1.54, 1.807) is 11.8 Å². The summed E-state index contributed by atoms with van der Waals surface area (Å²) in [6.45, 7) is 0.761. The zero-order chi connectivity index (χ0) is 16.2. The van der Waals surface area contributed by atoms with Crippen LogP contribution in [-0.2, 0) is 6.42 Å². The lowest BCUT2D eigenvalue weighted by atomic mass is 10.0. The highest BCUT2D eigenvalue weighted by atomic mass is 127. The molecule has 0 saturated carbocycles. The van der Waals surface area contributed by atoms with E-state index in [1.807, 2.05) is 0 Å². The van der Waals surface area contributed by atoms with E-state index in [9.17, 15) is 0 Å². The minimum Gasteiger partial charge on any atom is -0.354 e. The molecule has 0 aliphatic rings. The predicted molar refractivity (Wildman–Crippen MR) is 110 cm³/mol. The first-order valence-corrected chi connectivity index (χ1v) is 10.2. The number of nitrogens with one attached hydrogen (secondary N) is 1. The second-order valence-electron chi connectivity index (χ2n) is 5.61. The normalized spacial score (nSPS) is 11.3. The quantitative estimate of drug-likeness (QED) is 0.307. The van der Waals surface area contributed by atoms with Gasteiger partial charge >= 0.3 is 0 Å². The molecule has 0 unspecified atom stereocenters. The van der Waals surface area contributed by atoms with Gasteiger partial charge in [-0.3, -0.25) is 0 Å². The van der Waals surface area contributed by atoms with Crippen LogP contribution in [-0.4, -0.2) is 17.8 Å². The molecule has 2 aromatic carbocycles. The Kier molecular flexibility index (Phi) is 5.67. The van der Waals surface area contributed by atoms with Gasteiger partial charge in [0.05, 0.1) is 5.69 Å². The molecule has 0 atom stereocenters. The molecule has 0 radical (unpaired) electrons. The lowest BCUT2D eigenvalue weighted by molar-refractivity contribution is 0.748. The summed E-state index contributed by atoms with van der Waals surface area (Å²) in [5.41, 5.74) is 10.9. The molecular weight excluding hydrogens is 415 g/mol. The maximum Gasteiger partial charge on any atom is 0.0508 e. The predicted octanol–water partition coefficient (Wildman–Crippen LogP) is 5.44. The molecule has 1 heterocycles. The van der Waals surface area contributed by atoms with Crippen LogP contribution in [0.5, 0.6) is 0 Å². The van der Waals surface area contributed by atoms with Crippen molar-refractivity contribution >= 4 is 45.3 Å². The highest BCUT2D eigenvalue weighted by molar-refractivity contribution is 14.1. The van der Waals surface area contributed by atoms with E-state index in [1.165, 1.54) is 36.2 Å². The molecule has 3 aromatic rings. The Morgan fingerprint density at radius 2 is 1.96 bits per heavy atom. The Labute approximate surface area is 155 Å². The van der Waals surface area contributed by atoms with Crippen LogP contribution >= 0.6 is 34.4 Å². The molecule has 3 rings (SSSR count). The average molecular weight is 436 g/mol. The lowest BCUT2D eigenvalue weighted by Crippen LogP contribution is -1.99. The van der Waals surface area contributed by atoms with Crippen molar-refractivity contribution in [2.45, 2.75) is 24.2 Å². The van der Waals surface area contributed by atoms with E-state index in [0.29, 0.717) is 0 Å². The van der Waals surface area contributed by atoms with Crippen LogP contribution < -0.4 is 5.73 Å². The van der Waals surface area contributed by atoms with Crippen molar-refractivity contribution in [2.75, 3.05) is 12.8 Å². The van der Waals surface area contributed by atoms with Crippen LogP contribution in [0.4, 0.5) is 0 Å². The molecule has 0 bridgehead atoms. The first-order valence-electron chi connectivity index (χ1n) is 7.88. The van der Waals surface area contributed by atoms with Gasteiger partial charge in [-0.25, -0.2) is 0 Å². The Morgan fingerprint density at radius 1 is 1.13 bits per heavy atom. The first kappa shape index (κ1) is 16.9. The van der Waals surface area contributed by atoms with Crippen LogP contribution in [0.3, 0.4) is 0 Å². The molecule has 0 aliphatic carbocycles. The van der Waals surface area contributed by atoms with Gasteiger partial charge in [-0.15, -0.1) is 11.8 Å². The molecule has 4 heteroatoms. The van der Waals surface area contributed by atoms with Crippen LogP contribution in [0.15, 0.2) is 47.4 Å². The third-order valence-corrected chi connectivity index (χ3v) is 5.59. The highest BCUT2D eigenvalue weighted by Crippen LogP contribution is 2.36. The summed E-state index contributed by atoms with van der Waals surface area (Å²) in [6.07, 6.45) is 5.40. The second-order valence-corrected chi connectivity index (χ2v) is 7.71. The number of hydrogen-bond donors (Lipinski definition) is 2. The zero-order valence-electron chi connectivity index (χ0n) is 13.2. The molecule has 0 saturated heterocycles. The van der Waals surface area contributed by atoms with Crippen LogP contribution in [0.1, 0.15) is 18.4 Å². The highest BCUT2D eigenvalue weighted by Gasteiger charge is 2.15. The zero-order valence-corrected chi connectivity index (χ0v) is 16.2. The standard InChI is InChI=1S/C19H21IN2S/c1-23-18-8-3-2-7-15(18)19-14(6-4-5-11-21)16-12-13(20)9-10-17(16)22-19/h2-3,7-10,12,22H,4-6,11,21H2,1H3. The summed E-state index contributed by atoms with van der Waals surface area (Å²) >= 11 is 4.19. The van der Waals surface area contributed by atoms with Gasteiger partial charge < -0.3 is 10.7 Å². The Morgan fingerprint density at radius 3 is 2.74 bits per heavy atom. The van der Waals surface area contributed by atoms with Gasteiger partial charge in [-0.2, -0.15) is 0 Å². The van der Waals surface area contributed by atoms with Gasteiger partial charge in [0.2, 0.25) is 0 Å². The van der Waals surface area contributed by atoms with Crippen molar-refractivity contribution in [1.82, 2.24) is 4.98 Å². The minimum absolute atomic E-state index is 0.761. The number of aromatic amines is 1. The van der Waals surface area contributed by atoms with E-state index < -0.39 is 0 Å². The number of halogens is 1. The Bertz CT molecular complexity index is 810. The van der Waals surface area contributed by atoms with Gasteiger partial charge in [0.15, 0.2) is 0 Å². The van der Waals surface area contributed by atoms with E-state index in [-0.39, 0.29) is 0 Å². The van der Waals surface area contributed by atoms with Gasteiger partial charge in [0.1, 0.15) is 0 Å². The van der Waals surface area contributed by atoms with Gasteiger partial charge in [0.25, 0.3) is 0 Å². The largest absolute Gasteiger partial charge is 0.354 e. The fraction of sp³-hybridized carbons (Fsp3) is 0.263. The lowest BCUT2D eigenvalue weighted by Gasteiger charge is -2.09. The maximum atomic E-state index is 5.69. The van der Waals surface area contributed by atoms with Crippen molar-refractivity contribution < 1.29 is 0 Å². The number of rotatable bonds is 6. The number of H-pyrrole nitrogens is 1. The minimum atomic E-state index is 0.761. The summed E-state index contributed by atoms with van der Waals surface area (Å²) in [7, 11) is 0. The SMILES string of the molecule is CSc1ccccc1-c1[nH]c2ccc(I)cc2c1CCCCN. The molecule has 2 nitrogen and oxygen atoms in total. The van der Waals surface area contributed by atoms with Crippen LogP contribution in [0, 0.1) is 3.57 Å². The molecule has 1 aromatic heterocycles. The van der Waals surface area contributed by atoms with Crippen molar-refractivity contribution in [3.63, 3.8) is 0 Å². The number of nitrogens with two attached hydrogens (primary N) is 1. The van der Waals surface area contributed by atoms with Gasteiger partial charge in [-0.1, -0.05) is 18.2 Å². The molecular formula is C19H21IN2S. The number of fused-ring (bicyclic) bond motifs is 1. The van der Waals surface area contributed by atoms with Gasteiger partial charge in [0, 0.05) is 24.9 Å². The topological polar surface area (TPSA) is 41.8 Å². The molecule has 23 heavy (non-hydrogen) atoms. The molecule has 0 aliphatic heterocycles. The van der Waals surface area contributed by atoms with Crippen molar-refractivity contribution in [1.29, 1.82) is 0 Å². The van der Waals surface area contributed by atoms with E-state index in [2.05, 4.69) is 76.3 Å². The molecule has 3 N–H and O–H groups in total. The number of thioether (sulfide) groups is 1. The molecule has 0 amide bonds. The van der Waals surface area contributed by atoms with Crippen molar-refractivity contribution in [3.8, 4) is 11.3 Å². The maximum absolute atomic E-state index is 5.69. The second kappa shape index (κ2) is 7.73.